The monoisotopic (exact) mass is 225 g/mol. The lowest BCUT2D eigenvalue weighted by Crippen LogP contribution is -2.10. The minimum absolute atomic E-state index is 0.295. The summed E-state index contributed by atoms with van der Waals surface area (Å²) in [6.07, 6.45) is 6.23. The minimum atomic E-state index is -0.295. The van der Waals surface area contributed by atoms with Gasteiger partial charge in [-0.05, 0) is 18.8 Å². The van der Waals surface area contributed by atoms with E-state index in [-0.39, 0.29) is 5.97 Å². The zero-order valence-electron chi connectivity index (χ0n) is 8.86. The zero-order chi connectivity index (χ0) is 10.7. The molecule has 82 valence electrons. The fraction of sp³-hybridized carbons (Fsp3) is 0.636. The topological polar surface area (TPSA) is 39.2 Å². The molecule has 1 aromatic heterocycles. The Balaban J connectivity index is 2.19. The van der Waals surface area contributed by atoms with Crippen LogP contribution in [0.15, 0.2) is 5.51 Å². The summed E-state index contributed by atoms with van der Waals surface area (Å²) in [5.74, 6) is 0.233. The Morgan fingerprint density at radius 2 is 2.20 bits per heavy atom. The van der Waals surface area contributed by atoms with Gasteiger partial charge >= 0.3 is 5.97 Å². The van der Waals surface area contributed by atoms with Crippen molar-refractivity contribution in [2.75, 3.05) is 7.11 Å². The Bertz CT molecular complexity index is 342. The van der Waals surface area contributed by atoms with Gasteiger partial charge in [-0.15, -0.1) is 11.3 Å². The van der Waals surface area contributed by atoms with Crippen molar-refractivity contribution in [3.05, 3.63) is 16.1 Å². The minimum Gasteiger partial charge on any atom is -0.464 e. The van der Waals surface area contributed by atoms with Gasteiger partial charge in [-0.3, -0.25) is 0 Å². The molecule has 4 heteroatoms. The highest BCUT2D eigenvalue weighted by Gasteiger charge is 2.24. The summed E-state index contributed by atoms with van der Waals surface area (Å²) in [6.45, 7) is 0. The van der Waals surface area contributed by atoms with Crippen LogP contribution in [0.5, 0.6) is 0 Å². The van der Waals surface area contributed by atoms with E-state index in [9.17, 15) is 4.79 Å². The maximum atomic E-state index is 11.5. The molecule has 0 unspecified atom stereocenters. The smallest absolute Gasteiger partial charge is 0.357 e. The van der Waals surface area contributed by atoms with Crippen LogP contribution in [-0.2, 0) is 4.74 Å². The second-order valence-electron chi connectivity index (χ2n) is 3.89. The molecule has 0 aromatic carbocycles. The third-order valence-electron chi connectivity index (χ3n) is 2.95. The fourth-order valence-electron chi connectivity index (χ4n) is 2.16. The van der Waals surface area contributed by atoms with Crippen LogP contribution in [0.4, 0.5) is 0 Å². The molecule has 1 aromatic rings. The molecule has 1 saturated carbocycles. The molecule has 0 N–H and O–H groups in total. The lowest BCUT2D eigenvalue weighted by Gasteiger charge is -2.20. The molecule has 1 heterocycles. The zero-order valence-corrected chi connectivity index (χ0v) is 9.68. The summed E-state index contributed by atoms with van der Waals surface area (Å²) in [4.78, 5) is 16.7. The van der Waals surface area contributed by atoms with Crippen molar-refractivity contribution in [1.29, 1.82) is 0 Å². The molecular formula is C11H15NO2S. The van der Waals surface area contributed by atoms with Crippen LogP contribution in [0.25, 0.3) is 0 Å². The molecule has 0 radical (unpaired) electrons. The standard InChI is InChI=1S/C11H15NO2S/c1-14-11(13)9-10(15-7-12-9)8-5-3-2-4-6-8/h7-8H,2-6H2,1H3. The van der Waals surface area contributed by atoms with Crippen LogP contribution < -0.4 is 0 Å². The van der Waals surface area contributed by atoms with Crippen molar-refractivity contribution in [3.63, 3.8) is 0 Å². The van der Waals surface area contributed by atoms with Gasteiger partial charge in [0.2, 0.25) is 0 Å². The first-order chi connectivity index (χ1) is 7.33. The van der Waals surface area contributed by atoms with Gasteiger partial charge in [-0.25, -0.2) is 9.78 Å². The summed E-state index contributed by atoms with van der Waals surface area (Å²) in [6, 6.07) is 0. The van der Waals surface area contributed by atoms with E-state index < -0.39 is 0 Å². The second-order valence-corrected chi connectivity index (χ2v) is 4.78. The lowest BCUT2D eigenvalue weighted by molar-refractivity contribution is 0.0593. The number of hydrogen-bond acceptors (Lipinski definition) is 4. The Morgan fingerprint density at radius 3 is 2.87 bits per heavy atom. The fourth-order valence-corrected chi connectivity index (χ4v) is 3.11. The Hall–Kier alpha value is -0.900. The maximum absolute atomic E-state index is 11.5. The third-order valence-corrected chi connectivity index (χ3v) is 3.94. The molecular weight excluding hydrogens is 210 g/mol. The molecule has 0 amide bonds. The largest absolute Gasteiger partial charge is 0.464 e. The SMILES string of the molecule is COC(=O)c1ncsc1C1CCCCC1. The van der Waals surface area contributed by atoms with E-state index in [0.29, 0.717) is 11.6 Å². The highest BCUT2D eigenvalue weighted by Crippen LogP contribution is 2.36. The number of aromatic nitrogens is 1. The molecule has 0 saturated heterocycles. The van der Waals surface area contributed by atoms with Crippen molar-refractivity contribution < 1.29 is 9.53 Å². The average molecular weight is 225 g/mol. The number of hydrogen-bond donors (Lipinski definition) is 0. The van der Waals surface area contributed by atoms with E-state index >= 15 is 0 Å². The van der Waals surface area contributed by atoms with Crippen LogP contribution in [0, 0.1) is 0 Å². The van der Waals surface area contributed by atoms with Gasteiger partial charge in [-0.1, -0.05) is 19.3 Å². The second kappa shape index (κ2) is 4.75. The molecule has 0 atom stereocenters. The number of rotatable bonds is 2. The van der Waals surface area contributed by atoms with Gasteiger partial charge in [0.25, 0.3) is 0 Å². The quantitative estimate of drug-likeness (QED) is 0.726. The summed E-state index contributed by atoms with van der Waals surface area (Å²) in [5, 5.41) is 0. The van der Waals surface area contributed by atoms with E-state index in [4.69, 9.17) is 4.74 Å². The number of methoxy groups -OCH3 is 1. The first-order valence-electron chi connectivity index (χ1n) is 5.34. The highest BCUT2D eigenvalue weighted by molar-refractivity contribution is 7.10. The van der Waals surface area contributed by atoms with E-state index in [2.05, 4.69) is 4.98 Å². The molecule has 3 nitrogen and oxygen atoms in total. The summed E-state index contributed by atoms with van der Waals surface area (Å²) in [5.41, 5.74) is 2.28. The van der Waals surface area contributed by atoms with Crippen LogP contribution in [-0.4, -0.2) is 18.1 Å². The predicted molar refractivity (Wildman–Crippen MR) is 59.3 cm³/mol. The highest BCUT2D eigenvalue weighted by atomic mass is 32.1. The first kappa shape index (κ1) is 10.6. The number of carbonyl (C=O) groups is 1. The molecule has 1 fully saturated rings. The van der Waals surface area contributed by atoms with Gasteiger partial charge in [0.1, 0.15) is 0 Å². The van der Waals surface area contributed by atoms with Crippen LogP contribution in [0.2, 0.25) is 0 Å². The lowest BCUT2D eigenvalue weighted by atomic mass is 9.87. The van der Waals surface area contributed by atoms with E-state index in [0.717, 1.165) is 4.88 Å². The van der Waals surface area contributed by atoms with Crippen LogP contribution in [0.1, 0.15) is 53.4 Å². The predicted octanol–water partition coefficient (Wildman–Crippen LogP) is 2.98. The van der Waals surface area contributed by atoms with Gasteiger partial charge in [0.15, 0.2) is 5.69 Å². The average Bonchev–Trinajstić information content (AvgIpc) is 2.78. The number of thiazole rings is 1. The van der Waals surface area contributed by atoms with E-state index in [1.165, 1.54) is 39.2 Å². The van der Waals surface area contributed by atoms with Gasteiger partial charge in [0.05, 0.1) is 12.6 Å². The maximum Gasteiger partial charge on any atom is 0.357 e. The molecule has 1 aliphatic carbocycles. The number of ether oxygens (including phenoxy) is 1. The molecule has 1 aliphatic rings. The normalized spacial score (nSPS) is 17.7. The molecule has 15 heavy (non-hydrogen) atoms. The summed E-state index contributed by atoms with van der Waals surface area (Å²) < 4.78 is 4.73. The summed E-state index contributed by atoms with van der Waals surface area (Å²) in [7, 11) is 1.41. The van der Waals surface area contributed by atoms with Crippen LogP contribution >= 0.6 is 11.3 Å². The number of nitrogens with zero attached hydrogens (tertiary/aromatic N) is 1. The van der Waals surface area contributed by atoms with Gasteiger partial charge in [-0.2, -0.15) is 0 Å². The van der Waals surface area contributed by atoms with E-state index in [1.54, 1.807) is 16.8 Å². The van der Waals surface area contributed by atoms with Gasteiger partial charge in [0, 0.05) is 4.88 Å². The Morgan fingerprint density at radius 1 is 1.47 bits per heavy atom. The van der Waals surface area contributed by atoms with Crippen LogP contribution in [0.3, 0.4) is 0 Å². The number of carbonyl (C=O) groups excluding carboxylic acids is 1. The first-order valence-corrected chi connectivity index (χ1v) is 6.22. The number of esters is 1. The molecule has 0 aliphatic heterocycles. The van der Waals surface area contributed by atoms with Crippen molar-refractivity contribution in [2.24, 2.45) is 0 Å². The van der Waals surface area contributed by atoms with Crippen molar-refractivity contribution in [2.45, 2.75) is 38.0 Å². The Kier molecular flexibility index (Phi) is 3.36. The van der Waals surface area contributed by atoms with Crippen molar-refractivity contribution in [1.82, 2.24) is 4.98 Å². The van der Waals surface area contributed by atoms with Gasteiger partial charge < -0.3 is 4.74 Å². The van der Waals surface area contributed by atoms with E-state index in [1.807, 2.05) is 0 Å². The van der Waals surface area contributed by atoms with Crippen molar-refractivity contribution >= 4 is 17.3 Å². The Labute approximate surface area is 93.5 Å². The molecule has 0 bridgehead atoms. The third kappa shape index (κ3) is 2.20. The summed E-state index contributed by atoms with van der Waals surface area (Å²) >= 11 is 1.59. The molecule has 0 spiro atoms. The van der Waals surface area contributed by atoms with Crippen molar-refractivity contribution in [3.8, 4) is 0 Å². The molecule has 2 rings (SSSR count).